The molecule has 2 unspecified atom stereocenters. The third kappa shape index (κ3) is 4.25. The van der Waals surface area contributed by atoms with Crippen molar-refractivity contribution in [2.24, 2.45) is 11.7 Å². The molecule has 1 aliphatic carbocycles. The predicted octanol–water partition coefficient (Wildman–Crippen LogP) is 1.53. The summed E-state index contributed by atoms with van der Waals surface area (Å²) >= 11 is 0. The van der Waals surface area contributed by atoms with E-state index in [4.69, 9.17) is 10.5 Å². The maximum Gasteiger partial charge on any atom is 0.222 e. The molecule has 0 aromatic heterocycles. The minimum Gasteiger partial charge on any atom is -0.380 e. The van der Waals surface area contributed by atoms with E-state index >= 15 is 0 Å². The second-order valence-corrected chi connectivity index (χ2v) is 5.68. The average molecular weight is 254 g/mol. The molecule has 1 aliphatic heterocycles. The number of rotatable bonds is 3. The van der Waals surface area contributed by atoms with E-state index in [1.807, 2.05) is 4.90 Å². The molecule has 0 aromatic carbocycles. The molecule has 0 spiro atoms. The molecule has 1 heterocycles. The summed E-state index contributed by atoms with van der Waals surface area (Å²) in [6.45, 7) is 3.12. The zero-order chi connectivity index (χ0) is 12.8. The summed E-state index contributed by atoms with van der Waals surface area (Å²) in [4.78, 5) is 14.1. The number of nitrogens with zero attached hydrogens (tertiary/aromatic N) is 1. The highest BCUT2D eigenvalue weighted by Crippen LogP contribution is 2.27. The molecular weight excluding hydrogens is 228 g/mol. The molecular formula is C14H26N2O2. The molecule has 2 N–H and O–H groups in total. The van der Waals surface area contributed by atoms with Crippen LogP contribution in [-0.4, -0.2) is 43.2 Å². The molecule has 18 heavy (non-hydrogen) atoms. The fourth-order valence-electron chi connectivity index (χ4n) is 3.08. The van der Waals surface area contributed by atoms with Gasteiger partial charge in [0.05, 0.1) is 6.61 Å². The van der Waals surface area contributed by atoms with E-state index in [9.17, 15) is 4.79 Å². The first-order chi connectivity index (χ1) is 8.75. The molecule has 2 fully saturated rings. The first-order valence-corrected chi connectivity index (χ1v) is 7.37. The molecule has 4 nitrogen and oxygen atoms in total. The van der Waals surface area contributed by atoms with Crippen molar-refractivity contribution in [2.75, 3.05) is 26.3 Å². The normalized spacial score (nSPS) is 29.9. The molecule has 0 aromatic rings. The smallest absolute Gasteiger partial charge is 0.222 e. The van der Waals surface area contributed by atoms with Crippen molar-refractivity contribution in [1.82, 2.24) is 4.90 Å². The van der Waals surface area contributed by atoms with Crippen LogP contribution >= 0.6 is 0 Å². The summed E-state index contributed by atoms with van der Waals surface area (Å²) in [5.41, 5.74) is 5.98. The Morgan fingerprint density at radius 3 is 2.94 bits per heavy atom. The highest BCUT2D eigenvalue weighted by atomic mass is 16.5. The molecule has 0 radical (unpaired) electrons. The van der Waals surface area contributed by atoms with E-state index in [2.05, 4.69) is 0 Å². The zero-order valence-corrected chi connectivity index (χ0v) is 11.3. The number of hydrogen-bond acceptors (Lipinski definition) is 3. The SMILES string of the molecule is NC1CCCC(CCC(=O)N2CCCOCC2)C1. The van der Waals surface area contributed by atoms with Crippen LogP contribution in [-0.2, 0) is 9.53 Å². The van der Waals surface area contributed by atoms with Gasteiger partial charge in [0.2, 0.25) is 5.91 Å². The maximum absolute atomic E-state index is 12.1. The first kappa shape index (κ1) is 13.8. The lowest BCUT2D eigenvalue weighted by molar-refractivity contribution is -0.131. The monoisotopic (exact) mass is 254 g/mol. The van der Waals surface area contributed by atoms with Gasteiger partial charge in [0.1, 0.15) is 0 Å². The Bertz CT molecular complexity index is 263. The highest BCUT2D eigenvalue weighted by molar-refractivity contribution is 5.76. The summed E-state index contributed by atoms with van der Waals surface area (Å²) in [7, 11) is 0. The van der Waals surface area contributed by atoms with Crippen molar-refractivity contribution in [3.8, 4) is 0 Å². The molecule has 2 atom stereocenters. The van der Waals surface area contributed by atoms with Crippen LogP contribution in [0.3, 0.4) is 0 Å². The van der Waals surface area contributed by atoms with Gasteiger partial charge in [-0.2, -0.15) is 0 Å². The zero-order valence-electron chi connectivity index (χ0n) is 11.3. The third-order valence-electron chi connectivity index (χ3n) is 4.16. The predicted molar refractivity (Wildman–Crippen MR) is 71.2 cm³/mol. The topological polar surface area (TPSA) is 55.6 Å². The van der Waals surface area contributed by atoms with E-state index in [-0.39, 0.29) is 0 Å². The van der Waals surface area contributed by atoms with Crippen LogP contribution in [0.1, 0.15) is 44.9 Å². The number of ether oxygens (including phenoxy) is 1. The number of hydrogen-bond donors (Lipinski definition) is 1. The molecule has 4 heteroatoms. The Morgan fingerprint density at radius 2 is 2.11 bits per heavy atom. The summed E-state index contributed by atoms with van der Waals surface area (Å²) in [6.07, 6.45) is 7.44. The standard InChI is InChI=1S/C14H26N2O2/c15-13-4-1-3-12(11-13)5-6-14(17)16-7-2-9-18-10-8-16/h12-13H,1-11,15H2. The van der Waals surface area contributed by atoms with Gasteiger partial charge in [-0.3, -0.25) is 4.79 Å². The number of carbonyl (C=O) groups excluding carboxylic acids is 1. The van der Waals surface area contributed by atoms with Crippen LogP contribution in [0.4, 0.5) is 0 Å². The van der Waals surface area contributed by atoms with Gasteiger partial charge < -0.3 is 15.4 Å². The second-order valence-electron chi connectivity index (χ2n) is 5.68. The van der Waals surface area contributed by atoms with E-state index in [0.29, 0.717) is 30.9 Å². The Labute approximate surface area is 110 Å². The number of nitrogens with two attached hydrogens (primary N) is 1. The quantitative estimate of drug-likeness (QED) is 0.831. The van der Waals surface area contributed by atoms with Crippen LogP contribution in [0.15, 0.2) is 0 Å². The van der Waals surface area contributed by atoms with Crippen molar-refractivity contribution >= 4 is 5.91 Å². The van der Waals surface area contributed by atoms with Crippen LogP contribution < -0.4 is 5.73 Å². The van der Waals surface area contributed by atoms with Crippen molar-refractivity contribution < 1.29 is 9.53 Å². The van der Waals surface area contributed by atoms with Crippen LogP contribution in [0.5, 0.6) is 0 Å². The summed E-state index contributed by atoms with van der Waals surface area (Å²) in [6, 6.07) is 0.366. The Balaban J connectivity index is 1.70. The van der Waals surface area contributed by atoms with Crippen molar-refractivity contribution in [1.29, 1.82) is 0 Å². The van der Waals surface area contributed by atoms with Gasteiger partial charge in [-0.05, 0) is 31.6 Å². The summed E-state index contributed by atoms with van der Waals surface area (Å²) < 4.78 is 5.37. The fourth-order valence-corrected chi connectivity index (χ4v) is 3.08. The minimum absolute atomic E-state index is 0.305. The lowest BCUT2D eigenvalue weighted by Gasteiger charge is -2.27. The van der Waals surface area contributed by atoms with Gasteiger partial charge in [0, 0.05) is 32.2 Å². The number of amides is 1. The van der Waals surface area contributed by atoms with Crippen LogP contribution in [0.25, 0.3) is 0 Å². The average Bonchev–Trinajstić information content (AvgIpc) is 2.65. The van der Waals surface area contributed by atoms with Gasteiger partial charge in [-0.1, -0.05) is 12.8 Å². The van der Waals surface area contributed by atoms with Crippen molar-refractivity contribution in [3.63, 3.8) is 0 Å². The summed E-state index contributed by atoms with van der Waals surface area (Å²) in [5, 5.41) is 0. The Hall–Kier alpha value is -0.610. The lowest BCUT2D eigenvalue weighted by atomic mass is 9.83. The molecule has 1 saturated carbocycles. The Morgan fingerprint density at radius 1 is 1.22 bits per heavy atom. The largest absolute Gasteiger partial charge is 0.380 e. The van der Waals surface area contributed by atoms with E-state index in [0.717, 1.165) is 45.4 Å². The molecule has 1 amide bonds. The van der Waals surface area contributed by atoms with E-state index in [1.165, 1.54) is 12.8 Å². The van der Waals surface area contributed by atoms with Crippen LogP contribution in [0, 0.1) is 5.92 Å². The van der Waals surface area contributed by atoms with Gasteiger partial charge in [-0.15, -0.1) is 0 Å². The third-order valence-corrected chi connectivity index (χ3v) is 4.16. The Kier molecular flexibility index (Phi) is 5.45. The molecule has 2 rings (SSSR count). The van der Waals surface area contributed by atoms with Crippen molar-refractivity contribution in [3.05, 3.63) is 0 Å². The molecule has 0 bridgehead atoms. The van der Waals surface area contributed by atoms with Gasteiger partial charge in [0.15, 0.2) is 0 Å². The second kappa shape index (κ2) is 7.10. The van der Waals surface area contributed by atoms with Crippen LogP contribution in [0.2, 0.25) is 0 Å². The molecule has 104 valence electrons. The maximum atomic E-state index is 12.1. The first-order valence-electron chi connectivity index (χ1n) is 7.37. The molecule has 1 saturated heterocycles. The van der Waals surface area contributed by atoms with E-state index < -0.39 is 0 Å². The minimum atomic E-state index is 0.305. The van der Waals surface area contributed by atoms with Crippen molar-refractivity contribution in [2.45, 2.75) is 51.0 Å². The fraction of sp³-hybridized carbons (Fsp3) is 0.929. The molecule has 2 aliphatic rings. The highest BCUT2D eigenvalue weighted by Gasteiger charge is 2.21. The summed E-state index contributed by atoms with van der Waals surface area (Å²) in [5.74, 6) is 0.973. The lowest BCUT2D eigenvalue weighted by Crippen LogP contribution is -2.34. The van der Waals surface area contributed by atoms with Gasteiger partial charge in [0.25, 0.3) is 0 Å². The van der Waals surface area contributed by atoms with E-state index in [1.54, 1.807) is 0 Å². The van der Waals surface area contributed by atoms with Gasteiger partial charge >= 0.3 is 0 Å². The number of carbonyl (C=O) groups is 1. The van der Waals surface area contributed by atoms with Gasteiger partial charge in [-0.25, -0.2) is 0 Å².